The minimum absolute atomic E-state index is 0.0870. The number of anilines is 1. The van der Waals surface area contributed by atoms with Crippen LogP contribution in [-0.4, -0.2) is 35.5 Å². The highest BCUT2D eigenvalue weighted by Gasteiger charge is 2.17. The Bertz CT molecular complexity index is 1490. The molecule has 1 aromatic heterocycles. The van der Waals surface area contributed by atoms with Crippen molar-refractivity contribution in [3.8, 4) is 0 Å². The maximum atomic E-state index is 12.6. The number of nitrogens with zero attached hydrogens (tertiary/aromatic N) is 2. The van der Waals surface area contributed by atoms with Gasteiger partial charge in [-0.25, -0.2) is 18.1 Å². The molecule has 0 spiro atoms. The average Bonchev–Trinajstić information content (AvgIpc) is 3.18. The van der Waals surface area contributed by atoms with Crippen LogP contribution in [0.5, 0.6) is 0 Å². The first-order valence-corrected chi connectivity index (χ1v) is 13.4. The molecule has 0 unspecified atom stereocenters. The van der Waals surface area contributed by atoms with Crippen molar-refractivity contribution in [3.63, 3.8) is 0 Å². The van der Waals surface area contributed by atoms with Crippen molar-refractivity contribution in [1.29, 1.82) is 0 Å². The molecule has 0 radical (unpaired) electrons. The third kappa shape index (κ3) is 5.98. The lowest BCUT2D eigenvalue weighted by atomic mass is 10.1. The lowest BCUT2D eigenvalue weighted by Crippen LogP contribution is -2.32. The lowest BCUT2D eigenvalue weighted by molar-refractivity contribution is 0.0980. The van der Waals surface area contributed by atoms with Crippen LogP contribution in [0.1, 0.15) is 51.9 Å². The second-order valence-electron chi connectivity index (χ2n) is 8.57. The molecule has 0 aliphatic carbocycles. The molecular formula is C27H28N4O4S. The van der Waals surface area contributed by atoms with Crippen molar-refractivity contribution in [3.05, 3.63) is 95.3 Å². The Kier molecular flexibility index (Phi) is 7.49. The summed E-state index contributed by atoms with van der Waals surface area (Å²) in [5, 5.41) is 2.88. The van der Waals surface area contributed by atoms with E-state index in [4.69, 9.17) is 0 Å². The number of carbonyl (C=O) groups is 2. The quantitative estimate of drug-likeness (QED) is 0.349. The predicted octanol–water partition coefficient (Wildman–Crippen LogP) is 4.51. The number of nitrogens with one attached hydrogen (secondary N) is 2. The zero-order valence-electron chi connectivity index (χ0n) is 20.2. The number of carbonyl (C=O) groups excluding carboxylic acids is 2. The third-order valence-electron chi connectivity index (χ3n) is 5.80. The van der Waals surface area contributed by atoms with Crippen LogP contribution in [0, 0.1) is 6.92 Å². The van der Waals surface area contributed by atoms with Crippen molar-refractivity contribution in [1.82, 2.24) is 14.3 Å². The van der Waals surface area contributed by atoms with Crippen molar-refractivity contribution < 1.29 is 18.0 Å². The molecule has 0 saturated heterocycles. The number of hydrogen-bond acceptors (Lipinski definition) is 5. The van der Waals surface area contributed by atoms with Crippen LogP contribution in [-0.2, 0) is 16.6 Å². The number of aryl methyl sites for hydroxylation is 1. The summed E-state index contributed by atoms with van der Waals surface area (Å²) >= 11 is 0. The largest absolute Gasteiger partial charge is 0.324 e. The molecule has 2 N–H and O–H groups in total. The highest BCUT2D eigenvalue weighted by Crippen LogP contribution is 2.21. The average molecular weight is 505 g/mol. The molecule has 0 aliphatic rings. The number of aromatic nitrogens is 2. The summed E-state index contributed by atoms with van der Waals surface area (Å²) in [7, 11) is -3.68. The van der Waals surface area contributed by atoms with E-state index < -0.39 is 15.9 Å². The van der Waals surface area contributed by atoms with Crippen molar-refractivity contribution in [2.24, 2.45) is 0 Å². The van der Waals surface area contributed by atoms with Gasteiger partial charge in [0.1, 0.15) is 5.82 Å². The van der Waals surface area contributed by atoms with Gasteiger partial charge in [-0.2, -0.15) is 0 Å². The number of unbranched alkanes of at least 4 members (excludes halogenated alkanes) is 1. The standard InChI is InChI=1S/C27H28N4O4S/c1-3-4-16-36(34,35)30-27(33)22-12-15-24-25(17-22)31(19(2)28-24)18-20-10-13-23(14-11-20)29-26(32)21-8-6-5-7-9-21/h5-15,17H,3-4,16,18H2,1-2H3,(H,29,32)(H,30,33). The molecular weight excluding hydrogens is 476 g/mol. The van der Waals surface area contributed by atoms with Gasteiger partial charge in [0.05, 0.1) is 16.8 Å². The van der Waals surface area contributed by atoms with E-state index >= 15 is 0 Å². The summed E-state index contributed by atoms with van der Waals surface area (Å²) < 4.78 is 28.4. The van der Waals surface area contributed by atoms with Gasteiger partial charge in [-0.05, 0) is 61.4 Å². The maximum Gasteiger partial charge on any atom is 0.264 e. The Hall–Kier alpha value is -3.98. The number of imidazole rings is 1. The Morgan fingerprint density at radius 2 is 1.64 bits per heavy atom. The van der Waals surface area contributed by atoms with Gasteiger partial charge in [0.25, 0.3) is 11.8 Å². The van der Waals surface area contributed by atoms with Gasteiger partial charge < -0.3 is 9.88 Å². The first-order chi connectivity index (χ1) is 17.3. The summed E-state index contributed by atoms with van der Waals surface area (Å²) in [4.78, 5) is 29.6. The van der Waals surface area contributed by atoms with E-state index in [1.165, 1.54) is 0 Å². The molecule has 186 valence electrons. The molecule has 0 bridgehead atoms. The van der Waals surface area contributed by atoms with Gasteiger partial charge in [-0.15, -0.1) is 0 Å². The Labute approximate surface area is 210 Å². The minimum Gasteiger partial charge on any atom is -0.324 e. The molecule has 9 heteroatoms. The molecule has 36 heavy (non-hydrogen) atoms. The Balaban J connectivity index is 1.51. The fourth-order valence-electron chi connectivity index (χ4n) is 3.84. The second-order valence-corrected chi connectivity index (χ2v) is 10.4. The Morgan fingerprint density at radius 1 is 0.917 bits per heavy atom. The summed E-state index contributed by atoms with van der Waals surface area (Å²) in [6.45, 7) is 4.27. The number of benzene rings is 3. The molecule has 0 atom stereocenters. The van der Waals surface area contributed by atoms with Gasteiger partial charge in [0.15, 0.2) is 0 Å². The molecule has 0 fully saturated rings. The smallest absolute Gasteiger partial charge is 0.264 e. The van der Waals surface area contributed by atoms with Crippen LogP contribution >= 0.6 is 0 Å². The molecule has 1 heterocycles. The van der Waals surface area contributed by atoms with Crippen molar-refractivity contribution in [2.45, 2.75) is 33.2 Å². The molecule has 0 saturated carbocycles. The first-order valence-electron chi connectivity index (χ1n) is 11.7. The maximum absolute atomic E-state index is 12.6. The topological polar surface area (TPSA) is 110 Å². The predicted molar refractivity (Wildman–Crippen MR) is 141 cm³/mol. The number of amides is 2. The van der Waals surface area contributed by atoms with Gasteiger partial charge in [0, 0.05) is 23.4 Å². The second kappa shape index (κ2) is 10.7. The van der Waals surface area contributed by atoms with E-state index in [1.807, 2.05) is 60.9 Å². The summed E-state index contributed by atoms with van der Waals surface area (Å²) in [6, 6.07) is 21.5. The van der Waals surface area contributed by atoms with Crippen LogP contribution in [0.25, 0.3) is 11.0 Å². The highest BCUT2D eigenvalue weighted by atomic mass is 32.2. The van der Waals surface area contributed by atoms with E-state index in [2.05, 4.69) is 15.0 Å². The lowest BCUT2D eigenvalue weighted by Gasteiger charge is -2.10. The van der Waals surface area contributed by atoms with Crippen LogP contribution < -0.4 is 10.0 Å². The molecule has 3 aromatic carbocycles. The zero-order valence-corrected chi connectivity index (χ0v) is 21.0. The Morgan fingerprint density at radius 3 is 2.33 bits per heavy atom. The zero-order chi connectivity index (χ0) is 25.7. The van der Waals surface area contributed by atoms with Crippen LogP contribution in [0.2, 0.25) is 0 Å². The van der Waals surface area contributed by atoms with Crippen LogP contribution in [0.3, 0.4) is 0 Å². The van der Waals surface area contributed by atoms with Crippen LogP contribution in [0.4, 0.5) is 5.69 Å². The van der Waals surface area contributed by atoms with Gasteiger partial charge in [-0.1, -0.05) is 43.7 Å². The molecule has 4 rings (SSSR count). The molecule has 0 aliphatic heterocycles. The monoisotopic (exact) mass is 504 g/mol. The number of sulfonamides is 1. The van der Waals surface area contributed by atoms with Gasteiger partial charge in [-0.3, -0.25) is 9.59 Å². The summed E-state index contributed by atoms with van der Waals surface area (Å²) in [6.07, 6.45) is 1.21. The fourth-order valence-corrected chi connectivity index (χ4v) is 5.01. The minimum atomic E-state index is -3.68. The fraction of sp³-hybridized carbons (Fsp3) is 0.222. The van der Waals surface area contributed by atoms with E-state index in [0.29, 0.717) is 29.7 Å². The van der Waals surface area contributed by atoms with Crippen molar-refractivity contribution in [2.75, 3.05) is 11.1 Å². The van der Waals surface area contributed by atoms with E-state index in [-0.39, 0.29) is 17.2 Å². The van der Waals surface area contributed by atoms with E-state index in [1.54, 1.807) is 30.3 Å². The molecule has 2 amide bonds. The first kappa shape index (κ1) is 25.1. The number of hydrogen-bond donors (Lipinski definition) is 2. The van der Waals surface area contributed by atoms with Crippen molar-refractivity contribution >= 4 is 38.6 Å². The number of rotatable bonds is 9. The van der Waals surface area contributed by atoms with E-state index in [9.17, 15) is 18.0 Å². The number of fused-ring (bicyclic) bond motifs is 1. The summed E-state index contributed by atoms with van der Waals surface area (Å²) in [5.41, 5.74) is 3.94. The highest BCUT2D eigenvalue weighted by molar-refractivity contribution is 7.90. The molecule has 8 nitrogen and oxygen atoms in total. The third-order valence-corrected chi connectivity index (χ3v) is 7.13. The van der Waals surface area contributed by atoms with Gasteiger partial charge >= 0.3 is 0 Å². The van der Waals surface area contributed by atoms with E-state index in [0.717, 1.165) is 23.3 Å². The van der Waals surface area contributed by atoms with Crippen LogP contribution in [0.15, 0.2) is 72.8 Å². The summed E-state index contributed by atoms with van der Waals surface area (Å²) in [5.74, 6) is -0.158. The normalized spacial score (nSPS) is 11.4. The SMILES string of the molecule is CCCCS(=O)(=O)NC(=O)c1ccc2nc(C)n(Cc3ccc(NC(=O)c4ccccc4)cc3)c2c1. The molecule has 4 aromatic rings. The van der Waals surface area contributed by atoms with Gasteiger partial charge in [0.2, 0.25) is 10.0 Å².